The third kappa shape index (κ3) is 3.86. The van der Waals surface area contributed by atoms with Crippen LogP contribution in [0.25, 0.3) is 10.8 Å². The molecule has 0 unspecified atom stereocenters. The molecule has 0 aliphatic rings. The lowest BCUT2D eigenvalue weighted by Gasteiger charge is -2.09. The number of nitro benzene ring substituents is 1. The summed E-state index contributed by atoms with van der Waals surface area (Å²) in [6.45, 7) is 0.387. The number of hydrogen-bond acceptors (Lipinski definition) is 6. The number of nitrogens with one attached hydrogen (secondary N) is 1. The third-order valence-corrected chi connectivity index (χ3v) is 3.77. The Balaban J connectivity index is 2.22. The van der Waals surface area contributed by atoms with Gasteiger partial charge in [-0.05, 0) is 18.6 Å². The zero-order valence-corrected chi connectivity index (χ0v) is 11.8. The van der Waals surface area contributed by atoms with Crippen LogP contribution in [0.4, 0.5) is 11.4 Å². The first-order chi connectivity index (χ1) is 9.88. The number of rotatable bonds is 6. The predicted octanol–water partition coefficient (Wildman–Crippen LogP) is 1.23. The van der Waals surface area contributed by atoms with Gasteiger partial charge in [-0.3, -0.25) is 15.1 Å². The molecule has 21 heavy (non-hydrogen) atoms. The van der Waals surface area contributed by atoms with Gasteiger partial charge in [-0.1, -0.05) is 0 Å². The van der Waals surface area contributed by atoms with Crippen LogP contribution in [-0.4, -0.2) is 30.6 Å². The molecule has 8 nitrogen and oxygen atoms in total. The molecular formula is C12H14N4O4S. The Hall–Kier alpha value is -2.26. The number of anilines is 1. The number of nitrogens with zero attached hydrogens (tertiary/aromatic N) is 2. The van der Waals surface area contributed by atoms with Crippen LogP contribution in [-0.2, 0) is 10.0 Å². The summed E-state index contributed by atoms with van der Waals surface area (Å²) in [5.74, 6) is -0.122. The summed E-state index contributed by atoms with van der Waals surface area (Å²) < 4.78 is 21.7. The van der Waals surface area contributed by atoms with Crippen molar-refractivity contribution in [1.82, 2.24) is 4.98 Å². The highest BCUT2D eigenvalue weighted by Crippen LogP contribution is 2.30. The normalized spacial score (nSPS) is 11.5. The van der Waals surface area contributed by atoms with E-state index in [2.05, 4.69) is 10.3 Å². The molecule has 0 amide bonds. The molecule has 0 saturated carbocycles. The van der Waals surface area contributed by atoms with Crippen LogP contribution in [0, 0.1) is 10.1 Å². The SMILES string of the molecule is NS(=O)(=O)CCCNc1ccc([N+](=O)[O-])c2ccncc12. The van der Waals surface area contributed by atoms with Gasteiger partial charge >= 0.3 is 0 Å². The molecule has 2 rings (SSSR count). The summed E-state index contributed by atoms with van der Waals surface area (Å²) in [4.78, 5) is 14.5. The molecule has 2 aromatic rings. The maximum absolute atomic E-state index is 11.0. The highest BCUT2D eigenvalue weighted by Gasteiger charge is 2.14. The molecule has 0 aliphatic carbocycles. The molecule has 112 valence electrons. The van der Waals surface area contributed by atoms with E-state index in [0.717, 1.165) is 0 Å². The topological polar surface area (TPSA) is 128 Å². The number of nitrogens with two attached hydrogens (primary N) is 1. The molecule has 0 aliphatic heterocycles. The fourth-order valence-corrected chi connectivity index (χ4v) is 2.53. The van der Waals surface area contributed by atoms with E-state index in [9.17, 15) is 18.5 Å². The molecule has 1 heterocycles. The Kier molecular flexibility index (Phi) is 4.34. The van der Waals surface area contributed by atoms with Crippen molar-refractivity contribution in [1.29, 1.82) is 0 Å². The third-order valence-electron chi connectivity index (χ3n) is 2.91. The fourth-order valence-electron chi connectivity index (χ4n) is 1.98. The molecule has 0 saturated heterocycles. The van der Waals surface area contributed by atoms with Crippen molar-refractivity contribution in [3.8, 4) is 0 Å². The summed E-state index contributed by atoms with van der Waals surface area (Å²) in [5, 5.41) is 20.0. The van der Waals surface area contributed by atoms with Crippen LogP contribution >= 0.6 is 0 Å². The minimum atomic E-state index is -3.48. The fraction of sp³-hybridized carbons (Fsp3) is 0.250. The molecular weight excluding hydrogens is 296 g/mol. The smallest absolute Gasteiger partial charge is 0.277 e. The van der Waals surface area contributed by atoms with Gasteiger partial charge < -0.3 is 5.32 Å². The first kappa shape index (κ1) is 15.1. The number of hydrogen-bond donors (Lipinski definition) is 2. The van der Waals surface area contributed by atoms with Gasteiger partial charge in [0, 0.05) is 36.1 Å². The van der Waals surface area contributed by atoms with Crippen molar-refractivity contribution in [3.05, 3.63) is 40.7 Å². The number of pyridine rings is 1. The van der Waals surface area contributed by atoms with E-state index in [-0.39, 0.29) is 11.4 Å². The molecule has 0 bridgehead atoms. The van der Waals surface area contributed by atoms with Crippen molar-refractivity contribution >= 4 is 32.2 Å². The number of primary sulfonamides is 1. The zero-order valence-electron chi connectivity index (χ0n) is 11.0. The first-order valence-electron chi connectivity index (χ1n) is 6.14. The van der Waals surface area contributed by atoms with Crippen molar-refractivity contribution in [2.24, 2.45) is 5.14 Å². The van der Waals surface area contributed by atoms with Crippen LogP contribution in [0.2, 0.25) is 0 Å². The summed E-state index contributed by atoms with van der Waals surface area (Å²) in [7, 11) is -3.48. The Morgan fingerprint density at radius 2 is 2.05 bits per heavy atom. The monoisotopic (exact) mass is 310 g/mol. The summed E-state index contributed by atoms with van der Waals surface area (Å²) in [6, 6.07) is 4.56. The van der Waals surface area contributed by atoms with Gasteiger partial charge in [-0.2, -0.15) is 0 Å². The predicted molar refractivity (Wildman–Crippen MR) is 79.5 cm³/mol. The van der Waals surface area contributed by atoms with E-state index in [1.807, 2.05) is 0 Å². The highest BCUT2D eigenvalue weighted by atomic mass is 32.2. The largest absolute Gasteiger partial charge is 0.384 e. The zero-order chi connectivity index (χ0) is 15.5. The molecule has 3 N–H and O–H groups in total. The maximum Gasteiger partial charge on any atom is 0.277 e. The Bertz CT molecular complexity index is 776. The van der Waals surface area contributed by atoms with E-state index >= 15 is 0 Å². The number of nitro groups is 1. The standard InChI is InChI=1S/C12H14N4O4S/c13-21(19,20)7-1-5-15-11-2-3-12(16(17)18)9-4-6-14-8-10(9)11/h2-4,6,8,15H,1,5,7H2,(H2,13,19,20). The lowest BCUT2D eigenvalue weighted by Crippen LogP contribution is -2.18. The van der Waals surface area contributed by atoms with E-state index in [1.165, 1.54) is 18.5 Å². The van der Waals surface area contributed by atoms with E-state index in [4.69, 9.17) is 5.14 Å². The van der Waals surface area contributed by atoms with Gasteiger partial charge in [0.2, 0.25) is 10.0 Å². The summed E-state index contributed by atoms with van der Waals surface area (Å²) >= 11 is 0. The van der Waals surface area contributed by atoms with E-state index in [0.29, 0.717) is 29.4 Å². The van der Waals surface area contributed by atoms with Crippen LogP contribution in [0.1, 0.15) is 6.42 Å². The second-order valence-electron chi connectivity index (χ2n) is 4.46. The number of sulfonamides is 1. The van der Waals surface area contributed by atoms with Gasteiger partial charge in [0.25, 0.3) is 5.69 Å². The van der Waals surface area contributed by atoms with Gasteiger partial charge in [-0.25, -0.2) is 13.6 Å². The minimum Gasteiger partial charge on any atom is -0.384 e. The second kappa shape index (κ2) is 6.02. The average Bonchev–Trinajstić information content (AvgIpc) is 2.42. The molecule has 0 fully saturated rings. The van der Waals surface area contributed by atoms with Crippen molar-refractivity contribution < 1.29 is 13.3 Å². The van der Waals surface area contributed by atoms with Crippen LogP contribution < -0.4 is 10.5 Å². The van der Waals surface area contributed by atoms with Crippen molar-refractivity contribution in [2.45, 2.75) is 6.42 Å². The Labute approximate surface area is 121 Å². The maximum atomic E-state index is 11.0. The van der Waals surface area contributed by atoms with Crippen LogP contribution in [0.5, 0.6) is 0 Å². The van der Waals surface area contributed by atoms with Gasteiger partial charge in [0.1, 0.15) is 0 Å². The number of benzene rings is 1. The summed E-state index contributed by atoms with van der Waals surface area (Å²) in [5.41, 5.74) is 0.667. The molecule has 0 radical (unpaired) electrons. The number of aromatic nitrogens is 1. The molecule has 1 aromatic heterocycles. The molecule has 0 spiro atoms. The van der Waals surface area contributed by atoms with Crippen molar-refractivity contribution in [2.75, 3.05) is 17.6 Å². The molecule has 9 heteroatoms. The van der Waals surface area contributed by atoms with Gasteiger partial charge in [-0.15, -0.1) is 0 Å². The quantitative estimate of drug-likeness (QED) is 0.469. The van der Waals surface area contributed by atoms with Gasteiger partial charge in [0.05, 0.1) is 16.1 Å². The lowest BCUT2D eigenvalue weighted by atomic mass is 10.1. The van der Waals surface area contributed by atoms with Crippen LogP contribution in [0.15, 0.2) is 30.6 Å². The first-order valence-corrected chi connectivity index (χ1v) is 7.85. The second-order valence-corrected chi connectivity index (χ2v) is 6.19. The molecule has 1 aromatic carbocycles. The number of non-ortho nitro benzene ring substituents is 1. The minimum absolute atomic E-state index is 0.00230. The number of fused-ring (bicyclic) bond motifs is 1. The highest BCUT2D eigenvalue weighted by molar-refractivity contribution is 7.89. The lowest BCUT2D eigenvalue weighted by molar-refractivity contribution is -0.383. The average molecular weight is 310 g/mol. The van der Waals surface area contributed by atoms with Crippen molar-refractivity contribution in [3.63, 3.8) is 0 Å². The molecule has 0 atom stereocenters. The Morgan fingerprint density at radius 3 is 2.71 bits per heavy atom. The Morgan fingerprint density at radius 1 is 1.29 bits per heavy atom. The van der Waals surface area contributed by atoms with E-state index in [1.54, 1.807) is 12.1 Å². The van der Waals surface area contributed by atoms with E-state index < -0.39 is 14.9 Å². The summed E-state index contributed by atoms with van der Waals surface area (Å²) in [6.07, 6.45) is 3.36. The van der Waals surface area contributed by atoms with Gasteiger partial charge in [0.15, 0.2) is 0 Å². The van der Waals surface area contributed by atoms with Crippen LogP contribution in [0.3, 0.4) is 0 Å².